The van der Waals surface area contributed by atoms with Crippen molar-refractivity contribution < 1.29 is 26.7 Å². The molecule has 0 aliphatic carbocycles. The van der Waals surface area contributed by atoms with Crippen LogP contribution >= 0.6 is 0 Å². The monoisotopic (exact) mass is 381 g/mol. The number of carbonyl (C=O) groups excluding carboxylic acids is 1. The lowest BCUT2D eigenvalue weighted by Crippen LogP contribution is -2.18. The first kappa shape index (κ1) is 18.6. The largest absolute Gasteiger partial charge is 0.435 e. The molecule has 9 heteroatoms. The number of aromatic nitrogens is 2. The summed E-state index contributed by atoms with van der Waals surface area (Å²) in [4.78, 5) is 12.4. The molecule has 0 atom stereocenters. The van der Waals surface area contributed by atoms with Crippen molar-refractivity contribution in [1.29, 1.82) is 0 Å². The van der Waals surface area contributed by atoms with Crippen LogP contribution in [0.2, 0.25) is 0 Å². The topological polar surface area (TPSA) is 46.9 Å². The number of carbonyl (C=O) groups is 1. The Hall–Kier alpha value is -3.23. The molecule has 0 aliphatic heterocycles. The van der Waals surface area contributed by atoms with Crippen LogP contribution < -0.4 is 5.32 Å². The van der Waals surface area contributed by atoms with E-state index in [0.29, 0.717) is 5.56 Å². The number of amides is 1. The molecule has 0 spiro atoms. The Balaban J connectivity index is 2.00. The first-order valence-corrected chi connectivity index (χ1v) is 7.63. The second-order valence-electron chi connectivity index (χ2n) is 5.71. The molecule has 1 N–H and O–H groups in total. The Bertz CT molecular complexity index is 993. The van der Waals surface area contributed by atoms with E-state index in [2.05, 4.69) is 10.4 Å². The molecule has 0 saturated carbocycles. The number of nitrogens with zero attached hydrogens (tertiary/aromatic N) is 2. The molecule has 1 heterocycles. The normalized spacial score (nSPS) is 11.5. The highest BCUT2D eigenvalue weighted by atomic mass is 19.4. The van der Waals surface area contributed by atoms with Crippen molar-refractivity contribution in [1.82, 2.24) is 9.78 Å². The van der Waals surface area contributed by atoms with Crippen LogP contribution in [0.5, 0.6) is 0 Å². The number of alkyl halides is 3. The van der Waals surface area contributed by atoms with E-state index in [1.807, 2.05) is 0 Å². The Labute approximate surface area is 150 Å². The van der Waals surface area contributed by atoms with Gasteiger partial charge in [-0.15, -0.1) is 0 Å². The van der Waals surface area contributed by atoms with E-state index in [1.54, 1.807) is 0 Å². The molecule has 0 aliphatic rings. The SMILES string of the molecule is Cn1cc(C(=O)Nc2ccc(F)cc2-c2ccc(F)cc2)c(C(F)(F)F)n1. The van der Waals surface area contributed by atoms with Crippen LogP contribution in [0, 0.1) is 11.6 Å². The Kier molecular flexibility index (Phi) is 4.69. The predicted molar refractivity (Wildman–Crippen MR) is 88.0 cm³/mol. The lowest BCUT2D eigenvalue weighted by atomic mass is 10.0. The molecule has 2 aromatic carbocycles. The molecule has 0 fully saturated rings. The van der Waals surface area contributed by atoms with Gasteiger partial charge < -0.3 is 5.32 Å². The van der Waals surface area contributed by atoms with Gasteiger partial charge in [-0.05, 0) is 35.9 Å². The summed E-state index contributed by atoms with van der Waals surface area (Å²) in [5.74, 6) is -2.18. The number of aryl methyl sites for hydroxylation is 1. The number of nitrogens with one attached hydrogen (secondary N) is 1. The van der Waals surface area contributed by atoms with Crippen molar-refractivity contribution in [3.05, 3.63) is 71.6 Å². The zero-order valence-corrected chi connectivity index (χ0v) is 13.8. The van der Waals surface area contributed by atoms with Crippen molar-refractivity contribution in [2.75, 3.05) is 5.32 Å². The molecule has 0 bridgehead atoms. The quantitative estimate of drug-likeness (QED) is 0.672. The fourth-order valence-electron chi connectivity index (χ4n) is 2.55. The average molecular weight is 381 g/mol. The minimum absolute atomic E-state index is 0.0741. The number of rotatable bonds is 3. The van der Waals surface area contributed by atoms with E-state index in [1.165, 1.54) is 25.2 Å². The molecule has 4 nitrogen and oxygen atoms in total. The first-order chi connectivity index (χ1) is 12.6. The first-order valence-electron chi connectivity index (χ1n) is 7.63. The third-order valence-corrected chi connectivity index (χ3v) is 3.73. The molecule has 3 rings (SSSR count). The van der Waals surface area contributed by atoms with E-state index in [4.69, 9.17) is 0 Å². The van der Waals surface area contributed by atoms with Gasteiger partial charge in [0, 0.05) is 24.5 Å². The minimum atomic E-state index is -4.81. The van der Waals surface area contributed by atoms with Crippen LogP contribution in [-0.4, -0.2) is 15.7 Å². The van der Waals surface area contributed by atoms with E-state index in [0.717, 1.165) is 35.1 Å². The van der Waals surface area contributed by atoms with E-state index < -0.39 is 35.0 Å². The highest BCUT2D eigenvalue weighted by Gasteiger charge is 2.39. The fourth-order valence-corrected chi connectivity index (χ4v) is 2.55. The molecular weight excluding hydrogens is 369 g/mol. The highest BCUT2D eigenvalue weighted by molar-refractivity contribution is 6.07. The molecule has 0 unspecified atom stereocenters. The molecule has 1 aromatic heterocycles. The maximum Gasteiger partial charge on any atom is 0.435 e. The third kappa shape index (κ3) is 3.97. The summed E-state index contributed by atoms with van der Waals surface area (Å²) in [6.07, 6.45) is -3.87. The summed E-state index contributed by atoms with van der Waals surface area (Å²) < 4.78 is 66.8. The second-order valence-corrected chi connectivity index (χ2v) is 5.71. The maximum atomic E-state index is 13.6. The van der Waals surface area contributed by atoms with Crippen LogP contribution in [0.3, 0.4) is 0 Å². The van der Waals surface area contributed by atoms with Crippen LogP contribution in [0.4, 0.5) is 27.6 Å². The fraction of sp³-hybridized carbons (Fsp3) is 0.111. The van der Waals surface area contributed by atoms with Gasteiger partial charge >= 0.3 is 6.18 Å². The van der Waals surface area contributed by atoms with Crippen molar-refractivity contribution >= 4 is 11.6 Å². The molecule has 3 aromatic rings. The smallest absolute Gasteiger partial charge is 0.321 e. The number of benzene rings is 2. The van der Waals surface area contributed by atoms with Crippen LogP contribution in [0.25, 0.3) is 11.1 Å². The molecular formula is C18H12F5N3O. The Morgan fingerprint density at radius 1 is 1.04 bits per heavy atom. The van der Waals surface area contributed by atoms with Gasteiger partial charge in [0.2, 0.25) is 0 Å². The summed E-state index contributed by atoms with van der Waals surface area (Å²) in [6, 6.07) is 8.39. The molecule has 140 valence electrons. The Morgan fingerprint density at radius 3 is 2.30 bits per heavy atom. The standard InChI is InChI=1S/C18H12F5N3O/c1-26-9-14(16(25-26)18(21,22)23)17(27)24-15-7-6-12(20)8-13(15)10-2-4-11(19)5-3-10/h2-9H,1H3,(H,24,27). The lowest BCUT2D eigenvalue weighted by molar-refractivity contribution is -0.141. The highest BCUT2D eigenvalue weighted by Crippen LogP contribution is 2.33. The predicted octanol–water partition coefficient (Wildman–Crippen LogP) is 4.64. The number of anilines is 1. The summed E-state index contributed by atoms with van der Waals surface area (Å²) in [7, 11) is 1.26. The van der Waals surface area contributed by atoms with Gasteiger partial charge in [0.05, 0.1) is 5.56 Å². The molecule has 0 radical (unpaired) electrons. The van der Waals surface area contributed by atoms with Gasteiger partial charge in [0.15, 0.2) is 5.69 Å². The number of halogens is 5. The molecule has 0 saturated heterocycles. The Morgan fingerprint density at radius 2 is 1.67 bits per heavy atom. The zero-order chi connectivity index (χ0) is 19.8. The van der Waals surface area contributed by atoms with Crippen LogP contribution in [-0.2, 0) is 13.2 Å². The van der Waals surface area contributed by atoms with Crippen molar-refractivity contribution in [3.8, 4) is 11.1 Å². The van der Waals surface area contributed by atoms with Crippen molar-refractivity contribution in [2.45, 2.75) is 6.18 Å². The van der Waals surface area contributed by atoms with Gasteiger partial charge in [0.1, 0.15) is 11.6 Å². The summed E-state index contributed by atoms with van der Waals surface area (Å²) in [6.45, 7) is 0. The van der Waals surface area contributed by atoms with Crippen LogP contribution in [0.1, 0.15) is 16.1 Å². The van der Waals surface area contributed by atoms with E-state index in [9.17, 15) is 26.7 Å². The maximum absolute atomic E-state index is 13.6. The number of hydrogen-bond donors (Lipinski definition) is 1. The van der Waals surface area contributed by atoms with Gasteiger partial charge in [-0.2, -0.15) is 18.3 Å². The van der Waals surface area contributed by atoms with Gasteiger partial charge in [-0.3, -0.25) is 9.48 Å². The van der Waals surface area contributed by atoms with Crippen molar-refractivity contribution in [3.63, 3.8) is 0 Å². The second kappa shape index (κ2) is 6.82. The van der Waals surface area contributed by atoms with Crippen LogP contribution in [0.15, 0.2) is 48.7 Å². The summed E-state index contributed by atoms with van der Waals surface area (Å²) in [5, 5.41) is 5.62. The summed E-state index contributed by atoms with van der Waals surface area (Å²) in [5.41, 5.74) is -1.34. The van der Waals surface area contributed by atoms with Gasteiger partial charge in [0.25, 0.3) is 5.91 Å². The van der Waals surface area contributed by atoms with E-state index >= 15 is 0 Å². The lowest BCUT2D eigenvalue weighted by Gasteiger charge is -2.12. The summed E-state index contributed by atoms with van der Waals surface area (Å²) >= 11 is 0. The average Bonchev–Trinajstić information content (AvgIpc) is 3.00. The molecule has 27 heavy (non-hydrogen) atoms. The molecule has 1 amide bonds. The van der Waals surface area contributed by atoms with Crippen molar-refractivity contribution in [2.24, 2.45) is 7.05 Å². The minimum Gasteiger partial charge on any atom is -0.321 e. The van der Waals surface area contributed by atoms with Gasteiger partial charge in [-0.25, -0.2) is 8.78 Å². The van der Waals surface area contributed by atoms with Gasteiger partial charge in [-0.1, -0.05) is 12.1 Å². The van der Waals surface area contributed by atoms with E-state index in [-0.39, 0.29) is 11.3 Å². The zero-order valence-electron chi connectivity index (χ0n) is 13.8. The third-order valence-electron chi connectivity index (χ3n) is 3.73. The number of hydrogen-bond acceptors (Lipinski definition) is 2.